The number of hydrogen-bond acceptors (Lipinski definition) is 3. The van der Waals surface area contributed by atoms with E-state index in [1.165, 1.54) is 0 Å². The Morgan fingerprint density at radius 1 is 1.14 bits per heavy atom. The number of aryl methyl sites for hydroxylation is 1. The molecule has 1 amide bonds. The van der Waals surface area contributed by atoms with Gasteiger partial charge in [0.05, 0.1) is 10.8 Å². The molecule has 2 aromatic rings. The van der Waals surface area contributed by atoms with Crippen LogP contribution in [0, 0.1) is 6.92 Å². The van der Waals surface area contributed by atoms with E-state index in [4.69, 9.17) is 0 Å². The first kappa shape index (κ1) is 15.1. The number of nitrogens with zero attached hydrogens (tertiary/aromatic N) is 1. The summed E-state index contributed by atoms with van der Waals surface area (Å²) in [6.45, 7) is 2.60. The molecule has 0 saturated heterocycles. The predicted molar refractivity (Wildman–Crippen MR) is 88.3 cm³/mol. The van der Waals surface area contributed by atoms with Gasteiger partial charge in [-0.1, -0.05) is 29.8 Å². The van der Waals surface area contributed by atoms with Crippen molar-refractivity contribution < 1.29 is 4.79 Å². The highest BCUT2D eigenvalue weighted by atomic mass is 32.1. The molecule has 0 aliphatic rings. The lowest BCUT2D eigenvalue weighted by molar-refractivity contribution is 0.0954. The standard InChI is InChI=1S/C17H16N2OS/c1-13-2-6-15(7-3-13)17(20)18-11-10-14-4-8-16(9-5-14)19-12-21/h2-9H,10-11H2,1H3,(H,18,20). The second-order valence-corrected chi connectivity index (χ2v) is 4.92. The van der Waals surface area contributed by atoms with Crippen LogP contribution in [0.2, 0.25) is 0 Å². The van der Waals surface area contributed by atoms with Gasteiger partial charge in [0.2, 0.25) is 0 Å². The molecule has 0 saturated carbocycles. The predicted octanol–water partition coefficient (Wildman–Crippen LogP) is 3.70. The van der Waals surface area contributed by atoms with Gasteiger partial charge >= 0.3 is 0 Å². The number of benzene rings is 2. The summed E-state index contributed by atoms with van der Waals surface area (Å²) in [5.74, 6) is -0.0445. The minimum atomic E-state index is -0.0445. The minimum Gasteiger partial charge on any atom is -0.352 e. The van der Waals surface area contributed by atoms with Gasteiger partial charge in [-0.3, -0.25) is 4.79 Å². The molecule has 2 rings (SSSR count). The van der Waals surface area contributed by atoms with E-state index in [1.807, 2.05) is 55.5 Å². The number of thiocarbonyl (C=S) groups is 1. The van der Waals surface area contributed by atoms with E-state index in [0.29, 0.717) is 12.1 Å². The number of carbonyl (C=O) groups is 1. The number of carbonyl (C=O) groups excluding carboxylic acids is 1. The quantitative estimate of drug-likeness (QED) is 0.675. The number of rotatable bonds is 5. The number of amides is 1. The first-order chi connectivity index (χ1) is 10.2. The third kappa shape index (κ3) is 4.63. The minimum absolute atomic E-state index is 0.0445. The highest BCUT2D eigenvalue weighted by molar-refractivity contribution is 7.78. The summed E-state index contributed by atoms with van der Waals surface area (Å²) in [4.78, 5) is 15.8. The molecule has 0 spiro atoms. The molecule has 1 N–H and O–H groups in total. The number of nitrogens with one attached hydrogen (secondary N) is 1. The lowest BCUT2D eigenvalue weighted by Crippen LogP contribution is -2.25. The molecule has 0 atom stereocenters. The molecule has 0 unspecified atom stereocenters. The highest BCUT2D eigenvalue weighted by Crippen LogP contribution is 2.12. The van der Waals surface area contributed by atoms with Crippen molar-refractivity contribution in [1.29, 1.82) is 0 Å². The summed E-state index contributed by atoms with van der Waals surface area (Å²) in [7, 11) is 0. The van der Waals surface area contributed by atoms with Gasteiger partial charge in [0.15, 0.2) is 0 Å². The van der Waals surface area contributed by atoms with Gasteiger partial charge in [-0.15, -0.1) is 0 Å². The second kappa shape index (κ2) is 7.48. The largest absolute Gasteiger partial charge is 0.352 e. The Morgan fingerprint density at radius 3 is 2.43 bits per heavy atom. The molecule has 4 heteroatoms. The third-order valence-electron chi connectivity index (χ3n) is 3.12. The van der Waals surface area contributed by atoms with Crippen molar-refractivity contribution in [3.8, 4) is 0 Å². The van der Waals surface area contributed by atoms with E-state index in [1.54, 1.807) is 0 Å². The van der Waals surface area contributed by atoms with Crippen LogP contribution in [0.5, 0.6) is 0 Å². The molecule has 2 aromatic carbocycles. The molecule has 0 heterocycles. The Labute approximate surface area is 129 Å². The van der Waals surface area contributed by atoms with Gasteiger partial charge < -0.3 is 5.32 Å². The summed E-state index contributed by atoms with van der Waals surface area (Å²) in [6, 6.07) is 15.3. The smallest absolute Gasteiger partial charge is 0.251 e. The lowest BCUT2D eigenvalue weighted by atomic mass is 10.1. The molecule has 0 fully saturated rings. The van der Waals surface area contributed by atoms with Crippen molar-refractivity contribution in [2.75, 3.05) is 6.54 Å². The molecule has 3 nitrogen and oxygen atoms in total. The van der Waals surface area contributed by atoms with E-state index >= 15 is 0 Å². The van der Waals surface area contributed by atoms with Gasteiger partial charge in [-0.2, -0.15) is 4.99 Å². The van der Waals surface area contributed by atoms with Crippen molar-refractivity contribution in [3.05, 3.63) is 65.2 Å². The zero-order valence-corrected chi connectivity index (χ0v) is 12.6. The summed E-state index contributed by atoms with van der Waals surface area (Å²) in [6.07, 6.45) is 0.777. The van der Waals surface area contributed by atoms with E-state index in [9.17, 15) is 4.79 Å². The molecule has 0 aliphatic heterocycles. The van der Waals surface area contributed by atoms with E-state index in [2.05, 4.69) is 27.7 Å². The maximum atomic E-state index is 11.9. The van der Waals surface area contributed by atoms with Crippen molar-refractivity contribution in [2.45, 2.75) is 13.3 Å². The van der Waals surface area contributed by atoms with Crippen molar-refractivity contribution in [1.82, 2.24) is 5.32 Å². The van der Waals surface area contributed by atoms with Crippen molar-refractivity contribution >= 4 is 29.0 Å². The Hall–Kier alpha value is -2.29. The molecule has 21 heavy (non-hydrogen) atoms. The van der Waals surface area contributed by atoms with Crippen LogP contribution in [0.1, 0.15) is 21.5 Å². The van der Waals surface area contributed by atoms with Gasteiger partial charge in [-0.05, 0) is 55.4 Å². The summed E-state index contributed by atoms with van der Waals surface area (Å²) in [5, 5.41) is 5.25. The van der Waals surface area contributed by atoms with Gasteiger partial charge in [0.25, 0.3) is 5.91 Å². The normalized spacial score (nSPS) is 9.76. The molecule has 106 valence electrons. The fourth-order valence-electron chi connectivity index (χ4n) is 1.92. The van der Waals surface area contributed by atoms with Crippen LogP contribution in [0.3, 0.4) is 0 Å². The summed E-state index contributed by atoms with van der Waals surface area (Å²) >= 11 is 4.56. The average Bonchev–Trinajstić information content (AvgIpc) is 2.50. The SMILES string of the molecule is Cc1ccc(C(=O)NCCc2ccc(N=C=S)cc2)cc1. The van der Waals surface area contributed by atoms with E-state index in [-0.39, 0.29) is 5.91 Å². The number of hydrogen-bond donors (Lipinski definition) is 1. The monoisotopic (exact) mass is 296 g/mol. The fraction of sp³-hybridized carbons (Fsp3) is 0.176. The Morgan fingerprint density at radius 2 is 1.81 bits per heavy atom. The molecule has 0 aromatic heterocycles. The van der Waals surface area contributed by atoms with E-state index < -0.39 is 0 Å². The van der Waals surface area contributed by atoms with Crippen LogP contribution in [0.25, 0.3) is 0 Å². The first-order valence-electron chi connectivity index (χ1n) is 6.71. The van der Waals surface area contributed by atoms with Crippen LogP contribution in [-0.2, 0) is 6.42 Å². The average molecular weight is 296 g/mol. The van der Waals surface area contributed by atoms with Gasteiger partial charge in [0, 0.05) is 12.1 Å². The lowest BCUT2D eigenvalue weighted by Gasteiger charge is -2.06. The Kier molecular flexibility index (Phi) is 5.38. The molecule has 0 bridgehead atoms. The van der Waals surface area contributed by atoms with Crippen LogP contribution in [-0.4, -0.2) is 17.6 Å². The number of aliphatic imine (C=N–C) groups is 1. The molecule has 0 radical (unpaired) electrons. The molecule has 0 aliphatic carbocycles. The first-order valence-corrected chi connectivity index (χ1v) is 7.11. The van der Waals surface area contributed by atoms with Gasteiger partial charge in [-0.25, -0.2) is 0 Å². The van der Waals surface area contributed by atoms with Crippen molar-refractivity contribution in [3.63, 3.8) is 0 Å². The zero-order valence-electron chi connectivity index (χ0n) is 11.8. The third-order valence-corrected chi connectivity index (χ3v) is 3.22. The topological polar surface area (TPSA) is 41.5 Å². The zero-order chi connectivity index (χ0) is 15.1. The van der Waals surface area contributed by atoms with Crippen LogP contribution >= 0.6 is 12.2 Å². The van der Waals surface area contributed by atoms with E-state index in [0.717, 1.165) is 23.2 Å². The fourth-order valence-corrected chi connectivity index (χ4v) is 2.02. The van der Waals surface area contributed by atoms with Crippen LogP contribution < -0.4 is 5.32 Å². The van der Waals surface area contributed by atoms with Crippen LogP contribution in [0.4, 0.5) is 5.69 Å². The maximum Gasteiger partial charge on any atom is 0.251 e. The van der Waals surface area contributed by atoms with Gasteiger partial charge in [0.1, 0.15) is 0 Å². The highest BCUT2D eigenvalue weighted by Gasteiger charge is 2.04. The molecular formula is C17H16N2OS. The molecular weight excluding hydrogens is 280 g/mol. The second-order valence-electron chi connectivity index (χ2n) is 4.74. The van der Waals surface area contributed by atoms with Crippen molar-refractivity contribution in [2.24, 2.45) is 4.99 Å². The van der Waals surface area contributed by atoms with Crippen LogP contribution in [0.15, 0.2) is 53.5 Å². The Balaban J connectivity index is 1.84. The summed E-state index contributed by atoms with van der Waals surface area (Å²) < 4.78 is 0. The number of isothiocyanates is 1. The Bertz CT molecular complexity index is 656. The maximum absolute atomic E-state index is 11.9. The summed E-state index contributed by atoms with van der Waals surface area (Å²) in [5.41, 5.74) is 3.76.